The number of nitrogens with zero attached hydrogens (tertiary/aromatic N) is 1. The van der Waals surface area contributed by atoms with E-state index in [0.29, 0.717) is 6.42 Å². The smallest absolute Gasteiger partial charge is 0.0857 e. The van der Waals surface area contributed by atoms with Gasteiger partial charge in [0.05, 0.1) is 4.99 Å². The Kier molecular flexibility index (Phi) is 5.01. The van der Waals surface area contributed by atoms with E-state index in [1.54, 1.807) is 0 Å². The number of rotatable bonds is 2. The SMILES string of the molecule is S=C1CC2=C(C=C(c3ccc4ccccc4c3)CN2c2ccc(Cl)cc2)c2ccccc2N1. The summed E-state index contributed by atoms with van der Waals surface area (Å²) in [4.78, 5) is 3.21. The third kappa shape index (κ3) is 3.74. The molecule has 160 valence electrons. The van der Waals surface area contributed by atoms with Gasteiger partial charge in [-0.05, 0) is 64.4 Å². The van der Waals surface area contributed by atoms with Crippen molar-refractivity contribution >= 4 is 62.1 Å². The molecule has 4 heteroatoms. The second-order valence-electron chi connectivity index (χ2n) is 8.42. The maximum atomic E-state index is 6.21. The summed E-state index contributed by atoms with van der Waals surface area (Å²) >= 11 is 11.9. The van der Waals surface area contributed by atoms with Gasteiger partial charge in [-0.2, -0.15) is 0 Å². The Balaban J connectivity index is 1.57. The van der Waals surface area contributed by atoms with E-state index >= 15 is 0 Å². The molecule has 1 N–H and O–H groups in total. The molecular weight excluding hydrogens is 444 g/mol. The maximum Gasteiger partial charge on any atom is 0.0857 e. The van der Waals surface area contributed by atoms with Crippen LogP contribution in [0.3, 0.4) is 0 Å². The van der Waals surface area contributed by atoms with Crippen molar-refractivity contribution in [3.05, 3.63) is 119 Å². The van der Waals surface area contributed by atoms with Crippen LogP contribution in [0.2, 0.25) is 5.02 Å². The molecule has 33 heavy (non-hydrogen) atoms. The van der Waals surface area contributed by atoms with Crippen LogP contribution in [0.1, 0.15) is 17.5 Å². The van der Waals surface area contributed by atoms with Crippen LogP contribution in [-0.2, 0) is 0 Å². The minimum Gasteiger partial charge on any atom is -0.349 e. The summed E-state index contributed by atoms with van der Waals surface area (Å²) in [6.07, 6.45) is 3.03. The van der Waals surface area contributed by atoms with Crippen LogP contribution in [0.5, 0.6) is 0 Å². The van der Waals surface area contributed by atoms with E-state index in [4.69, 9.17) is 23.8 Å². The van der Waals surface area contributed by atoms with E-state index in [2.05, 4.69) is 89.1 Å². The van der Waals surface area contributed by atoms with Gasteiger partial charge in [0.15, 0.2) is 0 Å². The van der Waals surface area contributed by atoms with Crippen molar-refractivity contribution in [2.45, 2.75) is 6.42 Å². The van der Waals surface area contributed by atoms with Crippen LogP contribution >= 0.6 is 23.8 Å². The molecule has 0 bridgehead atoms. The second-order valence-corrected chi connectivity index (χ2v) is 9.35. The first-order valence-electron chi connectivity index (χ1n) is 11.0. The van der Waals surface area contributed by atoms with E-state index in [9.17, 15) is 0 Å². The first-order valence-corrected chi connectivity index (χ1v) is 11.8. The second kappa shape index (κ2) is 8.18. The molecule has 0 fully saturated rings. The lowest BCUT2D eigenvalue weighted by molar-refractivity contribution is 0.986. The molecular formula is C29H21ClN2S. The summed E-state index contributed by atoms with van der Waals surface area (Å²) in [5.41, 5.74) is 8.27. The standard InChI is InChI=1S/C29H21ClN2S/c30-23-11-13-24(14-12-23)32-18-22(21-10-9-19-5-1-2-6-20(19)15-21)16-26-25-7-3-4-8-27(25)31-29(33)17-28(26)32/h1-16H,17-18H2,(H,31,33). The van der Waals surface area contributed by atoms with Crippen molar-refractivity contribution in [3.63, 3.8) is 0 Å². The Morgan fingerprint density at radius 2 is 1.58 bits per heavy atom. The summed E-state index contributed by atoms with van der Waals surface area (Å²) in [6.45, 7) is 0.767. The molecule has 0 spiro atoms. The fraction of sp³-hybridized carbons (Fsp3) is 0.0690. The lowest BCUT2D eigenvalue weighted by Crippen LogP contribution is -2.29. The molecule has 0 atom stereocenters. The minimum absolute atomic E-state index is 0.684. The fourth-order valence-electron chi connectivity index (χ4n) is 4.74. The highest BCUT2D eigenvalue weighted by Crippen LogP contribution is 2.41. The molecule has 0 aromatic heterocycles. The molecule has 0 saturated carbocycles. The van der Waals surface area contributed by atoms with Gasteiger partial charge in [-0.15, -0.1) is 0 Å². The lowest BCUT2D eigenvalue weighted by Gasteiger charge is -2.34. The highest BCUT2D eigenvalue weighted by atomic mass is 35.5. The van der Waals surface area contributed by atoms with Gasteiger partial charge in [-0.1, -0.05) is 78.4 Å². The molecule has 4 aromatic carbocycles. The first kappa shape index (κ1) is 20.2. The number of hydrogen-bond acceptors (Lipinski definition) is 2. The highest BCUT2D eigenvalue weighted by molar-refractivity contribution is 7.80. The van der Waals surface area contributed by atoms with Gasteiger partial charge in [0.2, 0.25) is 0 Å². The molecule has 0 saturated heterocycles. The Hall–Kier alpha value is -3.40. The van der Waals surface area contributed by atoms with Crippen molar-refractivity contribution in [2.75, 3.05) is 16.8 Å². The number of allylic oxidation sites excluding steroid dienone is 2. The number of anilines is 2. The van der Waals surface area contributed by atoms with Gasteiger partial charge in [0.25, 0.3) is 0 Å². The number of benzene rings is 4. The molecule has 6 rings (SSSR count). The molecule has 2 nitrogen and oxygen atoms in total. The van der Waals surface area contributed by atoms with Gasteiger partial charge < -0.3 is 10.2 Å². The molecule has 0 aliphatic carbocycles. The average molecular weight is 465 g/mol. The molecule has 0 unspecified atom stereocenters. The van der Waals surface area contributed by atoms with E-state index in [1.807, 2.05) is 18.2 Å². The third-order valence-corrected chi connectivity index (χ3v) is 6.86. The van der Waals surface area contributed by atoms with Gasteiger partial charge >= 0.3 is 0 Å². The molecule has 2 aliphatic rings. The van der Waals surface area contributed by atoms with Gasteiger partial charge in [-0.3, -0.25) is 0 Å². The van der Waals surface area contributed by atoms with Crippen molar-refractivity contribution in [1.29, 1.82) is 0 Å². The van der Waals surface area contributed by atoms with Gasteiger partial charge in [-0.25, -0.2) is 0 Å². The lowest BCUT2D eigenvalue weighted by atomic mass is 9.91. The van der Waals surface area contributed by atoms with Gasteiger partial charge in [0, 0.05) is 46.2 Å². The summed E-state index contributed by atoms with van der Waals surface area (Å²) in [7, 11) is 0. The van der Waals surface area contributed by atoms with Crippen LogP contribution in [0.25, 0.3) is 21.9 Å². The molecule has 2 aliphatic heterocycles. The summed E-state index contributed by atoms with van der Waals surface area (Å²) in [5.74, 6) is 0. The largest absolute Gasteiger partial charge is 0.349 e. The zero-order chi connectivity index (χ0) is 22.4. The average Bonchev–Trinajstić information content (AvgIpc) is 2.99. The fourth-order valence-corrected chi connectivity index (χ4v) is 5.12. The summed E-state index contributed by atoms with van der Waals surface area (Å²) in [5, 5.41) is 6.69. The topological polar surface area (TPSA) is 15.3 Å². The number of halogens is 1. The Labute approximate surface area is 203 Å². The zero-order valence-electron chi connectivity index (χ0n) is 17.9. The zero-order valence-corrected chi connectivity index (χ0v) is 19.5. The number of para-hydroxylation sites is 1. The van der Waals surface area contributed by atoms with Crippen LogP contribution < -0.4 is 10.2 Å². The Morgan fingerprint density at radius 1 is 0.818 bits per heavy atom. The Bertz CT molecular complexity index is 1470. The molecule has 0 radical (unpaired) electrons. The van der Waals surface area contributed by atoms with Crippen LogP contribution in [-0.4, -0.2) is 11.5 Å². The van der Waals surface area contributed by atoms with Crippen LogP contribution in [0.4, 0.5) is 11.4 Å². The van der Waals surface area contributed by atoms with E-state index < -0.39 is 0 Å². The van der Waals surface area contributed by atoms with E-state index in [1.165, 1.54) is 38.7 Å². The van der Waals surface area contributed by atoms with Crippen LogP contribution in [0, 0.1) is 0 Å². The molecule has 0 amide bonds. The number of nitrogens with one attached hydrogen (secondary N) is 1. The minimum atomic E-state index is 0.684. The Morgan fingerprint density at radius 3 is 2.42 bits per heavy atom. The van der Waals surface area contributed by atoms with E-state index in [0.717, 1.165) is 27.9 Å². The van der Waals surface area contributed by atoms with Gasteiger partial charge in [0.1, 0.15) is 0 Å². The number of hydrogen-bond donors (Lipinski definition) is 1. The number of fused-ring (bicyclic) bond motifs is 3. The van der Waals surface area contributed by atoms with Crippen molar-refractivity contribution in [2.24, 2.45) is 0 Å². The molecule has 2 heterocycles. The molecule has 4 aromatic rings. The predicted molar refractivity (Wildman–Crippen MR) is 145 cm³/mol. The van der Waals surface area contributed by atoms with E-state index in [-0.39, 0.29) is 0 Å². The van der Waals surface area contributed by atoms with Crippen LogP contribution in [0.15, 0.2) is 103 Å². The highest BCUT2D eigenvalue weighted by Gasteiger charge is 2.28. The summed E-state index contributed by atoms with van der Waals surface area (Å²) < 4.78 is 0. The quantitative estimate of drug-likeness (QED) is 0.303. The van der Waals surface area contributed by atoms with Crippen molar-refractivity contribution in [1.82, 2.24) is 0 Å². The summed E-state index contributed by atoms with van der Waals surface area (Å²) in [6, 6.07) is 31.7. The monoisotopic (exact) mass is 464 g/mol. The maximum absolute atomic E-state index is 6.21. The third-order valence-electron chi connectivity index (χ3n) is 6.36. The first-order chi connectivity index (χ1) is 16.2. The van der Waals surface area contributed by atoms with Crippen molar-refractivity contribution < 1.29 is 0 Å². The number of thiocarbonyl (C=S) groups is 1. The predicted octanol–water partition coefficient (Wildman–Crippen LogP) is 7.95. The normalized spacial score (nSPS) is 15.5. The van der Waals surface area contributed by atoms with Crippen molar-refractivity contribution in [3.8, 4) is 0 Å².